The van der Waals surface area contributed by atoms with Crippen molar-refractivity contribution in [3.63, 3.8) is 0 Å². The Morgan fingerprint density at radius 2 is 1.96 bits per heavy atom. The van der Waals surface area contributed by atoms with Gasteiger partial charge in [-0.15, -0.1) is 11.8 Å². The molecule has 25 heavy (non-hydrogen) atoms. The van der Waals surface area contributed by atoms with E-state index >= 15 is 0 Å². The number of benzene rings is 1. The van der Waals surface area contributed by atoms with Gasteiger partial charge in [-0.1, -0.05) is 12.1 Å². The van der Waals surface area contributed by atoms with Gasteiger partial charge in [-0.05, 0) is 49.6 Å². The summed E-state index contributed by atoms with van der Waals surface area (Å²) < 4.78 is 1.45. The molecule has 0 atom stereocenters. The third-order valence-corrected chi connectivity index (χ3v) is 5.42. The molecule has 0 bridgehead atoms. The van der Waals surface area contributed by atoms with Gasteiger partial charge in [0.05, 0.1) is 22.9 Å². The highest BCUT2D eigenvalue weighted by Crippen LogP contribution is 2.39. The number of aromatic hydroxyl groups is 1. The summed E-state index contributed by atoms with van der Waals surface area (Å²) in [5, 5.41) is 24.7. The maximum atomic E-state index is 10.7. The molecule has 3 aromatic rings. The summed E-state index contributed by atoms with van der Waals surface area (Å²) in [6.07, 6.45) is 4.38. The number of hydrogen-bond donors (Lipinski definition) is 1. The number of rotatable bonds is 4. The van der Waals surface area contributed by atoms with Gasteiger partial charge in [-0.2, -0.15) is 15.0 Å². The van der Waals surface area contributed by atoms with Gasteiger partial charge < -0.3 is 5.11 Å². The van der Waals surface area contributed by atoms with E-state index in [1.807, 2.05) is 49.1 Å². The van der Waals surface area contributed by atoms with Gasteiger partial charge in [0.2, 0.25) is 5.88 Å². The molecule has 1 aliphatic rings. The monoisotopic (exact) mass is 348 g/mol. The first-order valence-electron chi connectivity index (χ1n) is 8.08. The molecule has 124 valence electrons. The van der Waals surface area contributed by atoms with Gasteiger partial charge >= 0.3 is 0 Å². The Bertz CT molecular complexity index is 951. The second kappa shape index (κ2) is 6.26. The molecule has 6 heteroatoms. The molecule has 2 aromatic heterocycles. The maximum absolute atomic E-state index is 10.7. The fourth-order valence-corrected chi connectivity index (χ4v) is 3.69. The van der Waals surface area contributed by atoms with E-state index in [1.54, 1.807) is 12.1 Å². The Labute approximate surface area is 150 Å². The Kier molecular flexibility index (Phi) is 3.94. The van der Waals surface area contributed by atoms with Gasteiger partial charge in [0.25, 0.3) is 0 Å². The molecule has 0 spiro atoms. The fraction of sp³-hybridized carbons (Fsp3) is 0.211. The minimum Gasteiger partial charge on any atom is -0.493 e. The van der Waals surface area contributed by atoms with Gasteiger partial charge in [0.15, 0.2) is 5.82 Å². The van der Waals surface area contributed by atoms with Gasteiger partial charge in [-0.25, -0.2) is 4.98 Å². The van der Waals surface area contributed by atoms with Crippen molar-refractivity contribution in [1.82, 2.24) is 14.8 Å². The van der Waals surface area contributed by atoms with Crippen LogP contribution in [0.25, 0.3) is 16.9 Å². The van der Waals surface area contributed by atoms with Crippen LogP contribution in [0.3, 0.4) is 0 Å². The van der Waals surface area contributed by atoms with Gasteiger partial charge in [-0.3, -0.25) is 0 Å². The Balaban J connectivity index is 1.67. The summed E-state index contributed by atoms with van der Waals surface area (Å²) in [6, 6.07) is 13.1. The molecule has 1 aliphatic carbocycles. The highest BCUT2D eigenvalue weighted by Gasteiger charge is 2.23. The quantitative estimate of drug-likeness (QED) is 0.769. The predicted octanol–water partition coefficient (Wildman–Crippen LogP) is 4.07. The van der Waals surface area contributed by atoms with E-state index in [-0.39, 0.29) is 5.88 Å². The molecule has 4 rings (SSSR count). The zero-order valence-corrected chi connectivity index (χ0v) is 14.5. The summed E-state index contributed by atoms with van der Waals surface area (Å²) in [5.74, 6) is 0.637. The lowest BCUT2D eigenvalue weighted by Gasteiger charge is -2.05. The molecule has 0 aliphatic heterocycles. The maximum Gasteiger partial charge on any atom is 0.223 e. The Morgan fingerprint density at radius 1 is 1.20 bits per heavy atom. The zero-order chi connectivity index (χ0) is 17.4. The van der Waals surface area contributed by atoms with Crippen molar-refractivity contribution in [1.29, 1.82) is 5.26 Å². The van der Waals surface area contributed by atoms with Crippen molar-refractivity contribution in [3.05, 3.63) is 53.9 Å². The Morgan fingerprint density at radius 3 is 2.56 bits per heavy atom. The predicted molar refractivity (Wildman–Crippen MR) is 96.8 cm³/mol. The average molecular weight is 348 g/mol. The summed E-state index contributed by atoms with van der Waals surface area (Å²) >= 11 is 1.85. The summed E-state index contributed by atoms with van der Waals surface area (Å²) in [4.78, 5) is 5.58. The second-order valence-electron chi connectivity index (χ2n) is 6.05. The van der Waals surface area contributed by atoms with Crippen LogP contribution >= 0.6 is 11.8 Å². The first-order chi connectivity index (χ1) is 12.2. The largest absolute Gasteiger partial charge is 0.493 e. The second-order valence-corrected chi connectivity index (χ2v) is 7.43. The minimum absolute atomic E-state index is 0.0531. The molecule has 1 aromatic carbocycles. The third kappa shape index (κ3) is 3.11. The van der Waals surface area contributed by atoms with Crippen molar-refractivity contribution in [2.45, 2.75) is 29.9 Å². The molecule has 0 radical (unpaired) electrons. The van der Waals surface area contributed by atoms with E-state index in [9.17, 15) is 5.11 Å². The molecule has 1 fully saturated rings. The number of aromatic nitrogens is 3. The van der Waals surface area contributed by atoms with E-state index < -0.39 is 0 Å². The number of hydrogen-bond acceptors (Lipinski definition) is 5. The van der Waals surface area contributed by atoms with E-state index in [4.69, 9.17) is 5.26 Å². The molecule has 0 saturated heterocycles. The van der Waals surface area contributed by atoms with Crippen molar-refractivity contribution in [2.24, 2.45) is 0 Å². The molecule has 5 nitrogen and oxygen atoms in total. The van der Waals surface area contributed by atoms with Crippen molar-refractivity contribution in [2.75, 3.05) is 0 Å². The van der Waals surface area contributed by atoms with E-state index in [0.29, 0.717) is 22.6 Å². The Hall–Kier alpha value is -2.78. The molecule has 0 unspecified atom stereocenters. The molecule has 1 saturated carbocycles. The van der Waals surface area contributed by atoms with Crippen LogP contribution in [0.5, 0.6) is 5.88 Å². The van der Waals surface area contributed by atoms with Crippen molar-refractivity contribution < 1.29 is 5.11 Å². The first kappa shape index (κ1) is 15.7. The molecule has 0 amide bonds. The highest BCUT2D eigenvalue weighted by atomic mass is 32.2. The van der Waals surface area contributed by atoms with E-state index in [0.717, 1.165) is 15.7 Å². The van der Waals surface area contributed by atoms with Crippen molar-refractivity contribution >= 4 is 11.8 Å². The lowest BCUT2D eigenvalue weighted by molar-refractivity contribution is 0.433. The average Bonchev–Trinajstić information content (AvgIpc) is 3.40. The van der Waals surface area contributed by atoms with Crippen molar-refractivity contribution in [3.8, 4) is 28.9 Å². The zero-order valence-electron chi connectivity index (χ0n) is 13.7. The normalized spacial score (nSPS) is 13.6. The molecular formula is C19H16N4OS. The van der Waals surface area contributed by atoms with Crippen LogP contribution in [0.4, 0.5) is 0 Å². The lowest BCUT2D eigenvalue weighted by Crippen LogP contribution is -1.99. The summed E-state index contributed by atoms with van der Waals surface area (Å²) in [7, 11) is 0. The van der Waals surface area contributed by atoms with E-state index in [2.05, 4.69) is 16.2 Å². The van der Waals surface area contributed by atoms with Gasteiger partial charge in [0.1, 0.15) is 0 Å². The number of nitrogens with zero attached hydrogens (tertiary/aromatic N) is 4. The molecular weight excluding hydrogens is 332 g/mol. The van der Waals surface area contributed by atoms with Crippen LogP contribution in [-0.2, 0) is 0 Å². The summed E-state index contributed by atoms with van der Waals surface area (Å²) in [6.45, 7) is 1.85. The van der Waals surface area contributed by atoms with Crippen LogP contribution < -0.4 is 0 Å². The first-order valence-corrected chi connectivity index (χ1v) is 8.96. The van der Waals surface area contributed by atoms with Crippen LogP contribution in [0, 0.1) is 18.3 Å². The molecule has 1 N–H and O–H groups in total. The highest BCUT2D eigenvalue weighted by molar-refractivity contribution is 8.00. The minimum atomic E-state index is 0.0531. The summed E-state index contributed by atoms with van der Waals surface area (Å²) in [5.41, 5.74) is 2.77. The number of thioether (sulfide) groups is 1. The smallest absolute Gasteiger partial charge is 0.223 e. The lowest BCUT2D eigenvalue weighted by atomic mass is 10.0. The topological polar surface area (TPSA) is 74.7 Å². The van der Waals surface area contributed by atoms with Crippen LogP contribution in [-0.4, -0.2) is 25.1 Å². The fourth-order valence-electron chi connectivity index (χ4n) is 2.67. The van der Waals surface area contributed by atoms with Crippen LogP contribution in [0.15, 0.2) is 47.5 Å². The SMILES string of the molecule is Cc1nn(-c2ccc(SC3CC3)cn2)c(O)c1-c1ccc(C#N)cc1. The number of nitriles is 1. The number of pyridine rings is 1. The van der Waals surface area contributed by atoms with Gasteiger partial charge in [0, 0.05) is 16.3 Å². The third-order valence-electron chi connectivity index (χ3n) is 4.10. The standard InChI is InChI=1S/C19H16N4OS/c1-12-18(14-4-2-13(10-20)3-5-14)19(24)23(22-12)17-9-8-16(11-21-17)25-15-6-7-15/h2-5,8-9,11,15,24H,6-7H2,1H3. The van der Waals surface area contributed by atoms with Crippen LogP contribution in [0.1, 0.15) is 24.1 Å². The van der Waals surface area contributed by atoms with Crippen LogP contribution in [0.2, 0.25) is 0 Å². The molecule has 2 heterocycles. The number of aryl methyl sites for hydroxylation is 1. The van der Waals surface area contributed by atoms with E-state index in [1.165, 1.54) is 17.5 Å².